The summed E-state index contributed by atoms with van der Waals surface area (Å²) in [7, 11) is -3.77. The Morgan fingerprint density at radius 1 is 1.37 bits per heavy atom. The van der Waals surface area contributed by atoms with Crippen molar-refractivity contribution >= 4 is 21.1 Å². The van der Waals surface area contributed by atoms with E-state index >= 15 is 0 Å². The maximum atomic E-state index is 12.0. The molecule has 0 aliphatic carbocycles. The largest absolute Gasteiger partial charge is 0.305 e. The van der Waals surface area contributed by atoms with Crippen LogP contribution in [0.3, 0.4) is 0 Å². The van der Waals surface area contributed by atoms with Gasteiger partial charge in [0, 0.05) is 6.54 Å². The minimum Gasteiger partial charge on any atom is -0.305 e. The van der Waals surface area contributed by atoms with E-state index in [1.807, 2.05) is 6.92 Å². The highest BCUT2D eigenvalue weighted by Crippen LogP contribution is 2.16. The molecule has 0 amide bonds. The van der Waals surface area contributed by atoms with Crippen LogP contribution in [-0.4, -0.2) is 18.0 Å². The van der Waals surface area contributed by atoms with Crippen molar-refractivity contribution < 1.29 is 8.42 Å². The van der Waals surface area contributed by atoms with E-state index < -0.39 is 10.0 Å². The summed E-state index contributed by atoms with van der Waals surface area (Å²) in [6, 6.07) is 4.35. The molecule has 1 aromatic carbocycles. The SMILES string of the molecule is CCCn1c(=O)c(C)nc2cc(S(N)(=O)=O)ccc21. The average Bonchev–Trinajstić information content (AvgIpc) is 2.33. The van der Waals surface area contributed by atoms with Gasteiger partial charge in [0.15, 0.2) is 0 Å². The normalized spacial score (nSPS) is 11.9. The average molecular weight is 281 g/mol. The zero-order chi connectivity index (χ0) is 14.2. The van der Waals surface area contributed by atoms with Crippen molar-refractivity contribution in [3.63, 3.8) is 0 Å². The molecule has 0 aliphatic heterocycles. The molecule has 0 aliphatic rings. The van der Waals surface area contributed by atoms with Crippen molar-refractivity contribution in [1.29, 1.82) is 0 Å². The van der Waals surface area contributed by atoms with E-state index in [0.29, 0.717) is 23.3 Å². The van der Waals surface area contributed by atoms with Gasteiger partial charge in [-0.3, -0.25) is 4.79 Å². The van der Waals surface area contributed by atoms with E-state index in [9.17, 15) is 13.2 Å². The van der Waals surface area contributed by atoms with Crippen LogP contribution in [0.4, 0.5) is 0 Å². The van der Waals surface area contributed by atoms with Crippen molar-refractivity contribution in [3.05, 3.63) is 34.2 Å². The van der Waals surface area contributed by atoms with Crippen LogP contribution in [0, 0.1) is 6.92 Å². The Balaban J connectivity index is 2.83. The number of rotatable bonds is 3. The third kappa shape index (κ3) is 2.52. The van der Waals surface area contributed by atoms with Crippen LogP contribution < -0.4 is 10.7 Å². The fraction of sp³-hybridized carbons (Fsp3) is 0.333. The maximum Gasteiger partial charge on any atom is 0.272 e. The number of hydrogen-bond donors (Lipinski definition) is 1. The summed E-state index contributed by atoms with van der Waals surface area (Å²) < 4.78 is 24.2. The standard InChI is InChI=1S/C12H15N3O3S/c1-3-6-15-11-5-4-9(19(13,17)18)7-10(11)14-8(2)12(15)16/h4-5,7H,3,6H2,1-2H3,(H2,13,17,18). The third-order valence-electron chi connectivity index (χ3n) is 2.86. The second kappa shape index (κ2) is 4.75. The van der Waals surface area contributed by atoms with Gasteiger partial charge in [-0.1, -0.05) is 6.92 Å². The highest BCUT2D eigenvalue weighted by Gasteiger charge is 2.12. The van der Waals surface area contributed by atoms with Gasteiger partial charge < -0.3 is 4.57 Å². The number of fused-ring (bicyclic) bond motifs is 1. The molecule has 0 radical (unpaired) electrons. The molecule has 0 fully saturated rings. The molecule has 1 aromatic heterocycles. The lowest BCUT2D eigenvalue weighted by Gasteiger charge is -2.10. The minimum atomic E-state index is -3.77. The molecule has 19 heavy (non-hydrogen) atoms. The number of primary sulfonamides is 1. The predicted molar refractivity (Wildman–Crippen MR) is 72.4 cm³/mol. The number of sulfonamides is 1. The van der Waals surface area contributed by atoms with Crippen LogP contribution in [0.25, 0.3) is 11.0 Å². The second-order valence-corrected chi connectivity index (χ2v) is 5.91. The van der Waals surface area contributed by atoms with Gasteiger partial charge in [0.05, 0.1) is 15.9 Å². The maximum absolute atomic E-state index is 12.0. The molecule has 1 heterocycles. The summed E-state index contributed by atoms with van der Waals surface area (Å²) in [6.45, 7) is 4.14. The summed E-state index contributed by atoms with van der Waals surface area (Å²) in [5, 5.41) is 5.09. The van der Waals surface area contributed by atoms with Crippen molar-refractivity contribution in [2.45, 2.75) is 31.7 Å². The van der Waals surface area contributed by atoms with E-state index in [2.05, 4.69) is 4.98 Å². The van der Waals surface area contributed by atoms with Crippen LogP contribution in [0.2, 0.25) is 0 Å². The Morgan fingerprint density at radius 3 is 2.63 bits per heavy atom. The summed E-state index contributed by atoms with van der Waals surface area (Å²) in [5.74, 6) is 0. The molecule has 7 heteroatoms. The molecule has 0 atom stereocenters. The smallest absolute Gasteiger partial charge is 0.272 e. The molecule has 0 bridgehead atoms. The minimum absolute atomic E-state index is 0.00593. The van der Waals surface area contributed by atoms with Crippen LogP contribution in [0.5, 0.6) is 0 Å². The van der Waals surface area contributed by atoms with Gasteiger partial charge >= 0.3 is 0 Å². The first kappa shape index (κ1) is 13.7. The third-order valence-corrected chi connectivity index (χ3v) is 3.77. The Labute approximate surface area is 110 Å². The van der Waals surface area contributed by atoms with Crippen molar-refractivity contribution in [2.75, 3.05) is 0 Å². The molecule has 6 nitrogen and oxygen atoms in total. The van der Waals surface area contributed by atoms with E-state index in [4.69, 9.17) is 5.14 Å². The first-order valence-corrected chi connectivity index (χ1v) is 7.43. The Kier molecular flexibility index (Phi) is 3.42. The van der Waals surface area contributed by atoms with E-state index in [0.717, 1.165) is 6.42 Å². The summed E-state index contributed by atoms with van der Waals surface area (Å²) >= 11 is 0. The molecule has 2 aromatic rings. The van der Waals surface area contributed by atoms with Gasteiger partial charge in [0.25, 0.3) is 5.56 Å². The molecular formula is C12H15N3O3S. The van der Waals surface area contributed by atoms with Crippen molar-refractivity contribution in [1.82, 2.24) is 9.55 Å². The summed E-state index contributed by atoms with van der Waals surface area (Å²) in [6.07, 6.45) is 0.801. The Bertz CT molecular complexity index is 794. The van der Waals surface area contributed by atoms with Gasteiger partial charge in [-0.2, -0.15) is 0 Å². The quantitative estimate of drug-likeness (QED) is 0.898. The fourth-order valence-electron chi connectivity index (χ4n) is 1.98. The van der Waals surface area contributed by atoms with Gasteiger partial charge in [-0.15, -0.1) is 0 Å². The number of aryl methyl sites for hydroxylation is 2. The zero-order valence-electron chi connectivity index (χ0n) is 10.8. The predicted octanol–water partition coefficient (Wildman–Crippen LogP) is 0.762. The second-order valence-electron chi connectivity index (χ2n) is 4.35. The van der Waals surface area contributed by atoms with Crippen LogP contribution in [-0.2, 0) is 16.6 Å². The number of hydrogen-bond acceptors (Lipinski definition) is 4. The van der Waals surface area contributed by atoms with Crippen LogP contribution >= 0.6 is 0 Å². The summed E-state index contributed by atoms with van der Waals surface area (Å²) in [5.41, 5.74) is 1.26. The van der Waals surface area contributed by atoms with Crippen molar-refractivity contribution in [3.8, 4) is 0 Å². The lowest BCUT2D eigenvalue weighted by atomic mass is 10.2. The van der Waals surface area contributed by atoms with E-state index in [1.165, 1.54) is 12.1 Å². The topological polar surface area (TPSA) is 95.0 Å². The monoisotopic (exact) mass is 281 g/mol. The zero-order valence-corrected chi connectivity index (χ0v) is 11.6. The van der Waals surface area contributed by atoms with Crippen molar-refractivity contribution in [2.24, 2.45) is 5.14 Å². The molecule has 2 N–H and O–H groups in total. The van der Waals surface area contributed by atoms with E-state index in [-0.39, 0.29) is 10.5 Å². The highest BCUT2D eigenvalue weighted by atomic mass is 32.2. The lowest BCUT2D eigenvalue weighted by molar-refractivity contribution is 0.598. The van der Waals surface area contributed by atoms with Crippen LogP contribution in [0.15, 0.2) is 27.9 Å². The lowest BCUT2D eigenvalue weighted by Crippen LogP contribution is -2.24. The Morgan fingerprint density at radius 2 is 2.05 bits per heavy atom. The molecule has 0 spiro atoms. The fourth-order valence-corrected chi connectivity index (χ4v) is 2.51. The first-order valence-electron chi connectivity index (χ1n) is 5.88. The molecular weight excluding hydrogens is 266 g/mol. The van der Waals surface area contributed by atoms with Gasteiger partial charge in [0.1, 0.15) is 5.69 Å². The molecule has 0 saturated heterocycles. The number of nitrogens with zero attached hydrogens (tertiary/aromatic N) is 2. The Hall–Kier alpha value is -1.73. The number of benzene rings is 1. The molecule has 0 unspecified atom stereocenters. The van der Waals surface area contributed by atoms with Gasteiger partial charge in [0.2, 0.25) is 10.0 Å². The number of aromatic nitrogens is 2. The van der Waals surface area contributed by atoms with E-state index in [1.54, 1.807) is 17.6 Å². The van der Waals surface area contributed by atoms with Gasteiger partial charge in [-0.05, 0) is 31.5 Å². The molecule has 2 rings (SSSR count). The summed E-state index contributed by atoms with van der Waals surface area (Å²) in [4.78, 5) is 16.1. The molecule has 0 saturated carbocycles. The number of nitrogens with two attached hydrogens (primary N) is 1. The van der Waals surface area contributed by atoms with Crippen LogP contribution in [0.1, 0.15) is 19.0 Å². The van der Waals surface area contributed by atoms with Gasteiger partial charge in [-0.25, -0.2) is 18.5 Å². The highest BCUT2D eigenvalue weighted by molar-refractivity contribution is 7.89. The molecule has 102 valence electrons. The first-order chi connectivity index (χ1) is 8.84.